The number of benzene rings is 2. The fourth-order valence-corrected chi connectivity index (χ4v) is 4.08. The molecule has 1 fully saturated rings. The molecule has 0 saturated carbocycles. The Balaban J connectivity index is 1.68. The van der Waals surface area contributed by atoms with E-state index in [0.717, 1.165) is 17.2 Å². The second-order valence-electron chi connectivity index (χ2n) is 6.08. The molecular weight excluding hydrogens is 324 g/mol. The molecule has 1 heterocycles. The van der Waals surface area contributed by atoms with Gasteiger partial charge in [-0.05, 0) is 35.7 Å². The van der Waals surface area contributed by atoms with Gasteiger partial charge in [0.25, 0.3) is 0 Å². The van der Waals surface area contributed by atoms with Crippen LogP contribution in [0.3, 0.4) is 0 Å². The van der Waals surface area contributed by atoms with Gasteiger partial charge in [-0.3, -0.25) is 13.8 Å². The quantitative estimate of drug-likeness (QED) is 0.916. The van der Waals surface area contributed by atoms with Crippen LogP contribution in [0.5, 0.6) is 0 Å². The zero-order valence-corrected chi connectivity index (χ0v) is 14.1. The number of nitrogens with two attached hydrogens (primary N) is 1. The Morgan fingerprint density at radius 2 is 1.92 bits per heavy atom. The molecule has 0 unspecified atom stereocenters. The molecule has 3 rings (SSSR count). The van der Waals surface area contributed by atoms with Crippen LogP contribution >= 0.6 is 0 Å². The highest BCUT2D eigenvalue weighted by molar-refractivity contribution is 7.85. The zero-order valence-electron chi connectivity index (χ0n) is 13.3. The molecule has 2 aromatic rings. The topological polar surface area (TPSA) is 80.5 Å². The van der Waals surface area contributed by atoms with Gasteiger partial charge in [0.2, 0.25) is 11.8 Å². The Morgan fingerprint density at radius 1 is 1.17 bits per heavy atom. The lowest BCUT2D eigenvalue weighted by atomic mass is 9.97. The van der Waals surface area contributed by atoms with E-state index >= 15 is 0 Å². The minimum atomic E-state index is -1.40. The van der Waals surface area contributed by atoms with Gasteiger partial charge in [0, 0.05) is 18.0 Å². The van der Waals surface area contributed by atoms with Gasteiger partial charge in [-0.25, -0.2) is 0 Å². The van der Waals surface area contributed by atoms with E-state index in [1.165, 1.54) is 0 Å². The number of likely N-dealkylation sites (tertiary alicyclic amines) is 1. The van der Waals surface area contributed by atoms with E-state index in [-0.39, 0.29) is 23.5 Å². The van der Waals surface area contributed by atoms with Gasteiger partial charge < -0.3 is 10.6 Å². The van der Waals surface area contributed by atoms with Gasteiger partial charge in [0.05, 0.1) is 16.7 Å². The van der Waals surface area contributed by atoms with Gasteiger partial charge in [-0.2, -0.15) is 0 Å². The van der Waals surface area contributed by atoms with Crippen LogP contribution in [0.4, 0.5) is 0 Å². The van der Waals surface area contributed by atoms with Gasteiger partial charge >= 0.3 is 0 Å². The molecule has 24 heavy (non-hydrogen) atoms. The van der Waals surface area contributed by atoms with Crippen molar-refractivity contribution >= 4 is 33.4 Å². The highest BCUT2D eigenvalue weighted by atomic mass is 32.2. The third-order valence-corrected chi connectivity index (χ3v) is 5.70. The van der Waals surface area contributed by atoms with E-state index < -0.39 is 10.8 Å². The van der Waals surface area contributed by atoms with E-state index in [2.05, 4.69) is 0 Å². The minimum Gasteiger partial charge on any atom is -0.369 e. The van der Waals surface area contributed by atoms with Crippen LogP contribution in [0.2, 0.25) is 0 Å². The van der Waals surface area contributed by atoms with Gasteiger partial charge in [0.15, 0.2) is 0 Å². The van der Waals surface area contributed by atoms with Crippen molar-refractivity contribution in [2.75, 3.05) is 18.8 Å². The van der Waals surface area contributed by atoms with Crippen molar-refractivity contribution in [3.8, 4) is 0 Å². The number of carbonyl (C=O) groups is 2. The molecule has 2 N–H and O–H groups in total. The SMILES string of the molecule is NC(=O)[C@@H]1CCCN(C(=O)C[S@@](=O)c2ccc3ccccc3c2)C1. The first-order valence-electron chi connectivity index (χ1n) is 7.99. The van der Waals surface area contributed by atoms with Crippen molar-refractivity contribution in [3.63, 3.8) is 0 Å². The first kappa shape index (κ1) is 16.6. The van der Waals surface area contributed by atoms with E-state index in [4.69, 9.17) is 5.73 Å². The number of hydrogen-bond acceptors (Lipinski definition) is 3. The Kier molecular flexibility index (Phi) is 4.94. The lowest BCUT2D eigenvalue weighted by Gasteiger charge is -2.31. The molecule has 1 aliphatic rings. The normalized spacial score (nSPS) is 19.2. The van der Waals surface area contributed by atoms with Crippen LogP contribution in [0.1, 0.15) is 12.8 Å². The van der Waals surface area contributed by atoms with Crippen LogP contribution in [0, 0.1) is 5.92 Å². The first-order chi connectivity index (χ1) is 11.5. The third-order valence-electron chi connectivity index (χ3n) is 4.41. The number of fused-ring (bicyclic) bond motifs is 1. The van der Waals surface area contributed by atoms with E-state index in [1.54, 1.807) is 11.0 Å². The maximum absolute atomic E-state index is 12.5. The van der Waals surface area contributed by atoms with Crippen LogP contribution in [0.15, 0.2) is 47.4 Å². The average molecular weight is 344 g/mol. The first-order valence-corrected chi connectivity index (χ1v) is 9.31. The number of carbonyl (C=O) groups excluding carboxylic acids is 2. The monoisotopic (exact) mass is 344 g/mol. The van der Waals surface area contributed by atoms with E-state index in [0.29, 0.717) is 24.4 Å². The van der Waals surface area contributed by atoms with Gasteiger partial charge in [-0.15, -0.1) is 0 Å². The van der Waals surface area contributed by atoms with E-state index in [9.17, 15) is 13.8 Å². The number of rotatable bonds is 4. The fourth-order valence-electron chi connectivity index (χ4n) is 3.03. The number of nitrogens with zero attached hydrogens (tertiary/aromatic N) is 1. The lowest BCUT2D eigenvalue weighted by Crippen LogP contribution is -2.45. The minimum absolute atomic E-state index is 0.0657. The maximum Gasteiger partial charge on any atom is 0.235 e. The molecule has 0 radical (unpaired) electrons. The summed E-state index contributed by atoms with van der Waals surface area (Å²) in [6.45, 7) is 0.931. The van der Waals surface area contributed by atoms with Crippen molar-refractivity contribution in [1.29, 1.82) is 0 Å². The number of piperidine rings is 1. The Hall–Kier alpha value is -2.21. The van der Waals surface area contributed by atoms with Crippen LogP contribution in [-0.2, 0) is 20.4 Å². The standard InChI is InChI=1S/C18H20N2O3S/c19-18(22)15-6-3-9-20(11-15)17(21)12-24(23)16-8-7-13-4-1-2-5-14(13)10-16/h1-2,4-5,7-8,10,15H,3,6,9,11-12H2,(H2,19,22)/t15-,24-/m1/s1. The Labute approximate surface area is 143 Å². The van der Waals surface area contributed by atoms with Crippen LogP contribution < -0.4 is 5.73 Å². The molecule has 0 spiro atoms. The van der Waals surface area contributed by atoms with Crippen LogP contribution in [0.25, 0.3) is 10.8 Å². The number of hydrogen-bond donors (Lipinski definition) is 1. The number of amides is 2. The molecule has 2 amide bonds. The molecular formula is C18H20N2O3S. The second-order valence-corrected chi connectivity index (χ2v) is 7.53. The molecule has 0 aromatic heterocycles. The molecule has 0 bridgehead atoms. The molecule has 126 valence electrons. The molecule has 2 aromatic carbocycles. The van der Waals surface area contributed by atoms with Crippen molar-refractivity contribution in [2.24, 2.45) is 11.7 Å². The smallest absolute Gasteiger partial charge is 0.235 e. The van der Waals surface area contributed by atoms with E-state index in [1.807, 2.05) is 36.4 Å². The summed E-state index contributed by atoms with van der Waals surface area (Å²) in [5.41, 5.74) is 5.34. The highest BCUT2D eigenvalue weighted by Crippen LogP contribution is 2.20. The predicted octanol–water partition coefficient (Wildman–Crippen LogP) is 1.67. The maximum atomic E-state index is 12.5. The predicted molar refractivity (Wildman–Crippen MR) is 93.7 cm³/mol. The number of primary amides is 1. The summed E-state index contributed by atoms with van der Waals surface area (Å²) < 4.78 is 12.5. The van der Waals surface area contributed by atoms with Gasteiger partial charge in [0.1, 0.15) is 5.75 Å². The Bertz CT molecular complexity index is 806. The zero-order chi connectivity index (χ0) is 17.1. The fraction of sp³-hybridized carbons (Fsp3) is 0.333. The molecule has 6 heteroatoms. The van der Waals surface area contributed by atoms with Crippen LogP contribution in [-0.4, -0.2) is 39.8 Å². The van der Waals surface area contributed by atoms with Crippen molar-refractivity contribution in [2.45, 2.75) is 17.7 Å². The molecule has 0 aliphatic carbocycles. The molecule has 1 saturated heterocycles. The summed E-state index contributed by atoms with van der Waals surface area (Å²) in [5, 5.41) is 2.08. The third kappa shape index (κ3) is 3.64. The summed E-state index contributed by atoms with van der Waals surface area (Å²) >= 11 is 0. The van der Waals surface area contributed by atoms with Gasteiger partial charge in [-0.1, -0.05) is 30.3 Å². The lowest BCUT2D eigenvalue weighted by molar-refractivity contribution is -0.132. The molecule has 1 aliphatic heterocycles. The summed E-state index contributed by atoms with van der Waals surface area (Å²) in [4.78, 5) is 26.0. The molecule has 2 atom stereocenters. The molecule has 5 nitrogen and oxygen atoms in total. The summed E-state index contributed by atoms with van der Waals surface area (Å²) in [6, 6.07) is 13.4. The van der Waals surface area contributed by atoms with Crippen molar-refractivity contribution in [3.05, 3.63) is 42.5 Å². The average Bonchev–Trinajstić information content (AvgIpc) is 2.61. The Morgan fingerprint density at radius 3 is 2.67 bits per heavy atom. The van der Waals surface area contributed by atoms with Crippen molar-refractivity contribution < 1.29 is 13.8 Å². The summed E-state index contributed by atoms with van der Waals surface area (Å²) in [6.07, 6.45) is 1.47. The van der Waals surface area contributed by atoms with Crippen molar-refractivity contribution in [1.82, 2.24) is 4.90 Å². The largest absolute Gasteiger partial charge is 0.369 e. The second kappa shape index (κ2) is 7.13. The summed E-state index contributed by atoms with van der Waals surface area (Å²) in [5.74, 6) is -0.920. The highest BCUT2D eigenvalue weighted by Gasteiger charge is 2.27. The summed E-state index contributed by atoms with van der Waals surface area (Å²) in [7, 11) is -1.40.